The van der Waals surface area contributed by atoms with Crippen LogP contribution in [-0.2, 0) is 13.1 Å². The number of nitrogens with zero attached hydrogens (tertiary/aromatic N) is 3. The van der Waals surface area contributed by atoms with Crippen molar-refractivity contribution in [2.75, 3.05) is 11.9 Å². The predicted molar refractivity (Wildman–Crippen MR) is 82.1 cm³/mol. The number of halogens is 1. The van der Waals surface area contributed by atoms with Gasteiger partial charge in [-0.2, -0.15) is 4.98 Å². The molecule has 6 heteroatoms. The van der Waals surface area contributed by atoms with E-state index in [1.807, 2.05) is 7.05 Å². The molecule has 0 saturated heterocycles. The van der Waals surface area contributed by atoms with Crippen LogP contribution in [0.25, 0.3) is 0 Å². The van der Waals surface area contributed by atoms with Gasteiger partial charge in [-0.3, -0.25) is 0 Å². The Balaban J connectivity index is 0.00000200. The molecule has 0 saturated carbocycles. The fourth-order valence-electron chi connectivity index (χ4n) is 1.86. The first kappa shape index (κ1) is 16.5. The molecule has 0 fully saturated rings. The largest absolute Gasteiger partial charge is 0.367 e. The summed E-state index contributed by atoms with van der Waals surface area (Å²) in [5.41, 5.74) is 7.91. The average molecular weight is 297 g/mol. The maximum atomic E-state index is 5.45. The van der Waals surface area contributed by atoms with Crippen molar-refractivity contribution in [1.82, 2.24) is 10.1 Å². The highest BCUT2D eigenvalue weighted by Crippen LogP contribution is 2.21. The van der Waals surface area contributed by atoms with E-state index in [2.05, 4.69) is 53.2 Å². The number of benzene rings is 1. The summed E-state index contributed by atoms with van der Waals surface area (Å²) in [4.78, 5) is 6.30. The normalized spacial score (nSPS) is 10.4. The number of anilines is 1. The highest BCUT2D eigenvalue weighted by molar-refractivity contribution is 5.85. The fourth-order valence-corrected chi connectivity index (χ4v) is 1.86. The van der Waals surface area contributed by atoms with E-state index in [1.165, 1.54) is 5.56 Å². The van der Waals surface area contributed by atoms with E-state index >= 15 is 0 Å². The van der Waals surface area contributed by atoms with Gasteiger partial charge < -0.3 is 15.2 Å². The number of aromatic nitrogens is 2. The van der Waals surface area contributed by atoms with E-state index < -0.39 is 0 Å². The monoisotopic (exact) mass is 296 g/mol. The van der Waals surface area contributed by atoms with Gasteiger partial charge in [0.1, 0.15) is 0 Å². The van der Waals surface area contributed by atoms with Gasteiger partial charge in [-0.1, -0.05) is 31.1 Å². The molecule has 0 aliphatic rings. The van der Waals surface area contributed by atoms with Gasteiger partial charge in [0.15, 0.2) is 5.82 Å². The molecule has 1 aromatic carbocycles. The minimum absolute atomic E-state index is 0. The smallest absolute Gasteiger partial charge is 0.240 e. The quantitative estimate of drug-likeness (QED) is 0.919. The zero-order valence-electron chi connectivity index (χ0n) is 12.0. The van der Waals surface area contributed by atoms with E-state index in [0.717, 1.165) is 5.69 Å². The zero-order chi connectivity index (χ0) is 13.8. The summed E-state index contributed by atoms with van der Waals surface area (Å²) < 4.78 is 5.00. The summed E-state index contributed by atoms with van der Waals surface area (Å²) in [6.07, 6.45) is 0. The highest BCUT2D eigenvalue weighted by atomic mass is 35.5. The number of rotatable bonds is 5. The minimum Gasteiger partial charge on any atom is -0.367 e. The Hall–Kier alpha value is -1.59. The van der Waals surface area contributed by atoms with Gasteiger partial charge in [-0.25, -0.2) is 0 Å². The lowest BCUT2D eigenvalue weighted by atomic mass is 10.0. The number of hydrogen-bond donors (Lipinski definition) is 1. The van der Waals surface area contributed by atoms with Crippen molar-refractivity contribution >= 4 is 18.1 Å². The molecule has 2 aromatic rings. The Morgan fingerprint density at radius 3 is 2.70 bits per heavy atom. The summed E-state index contributed by atoms with van der Waals surface area (Å²) in [5.74, 6) is 1.64. The SMILES string of the molecule is CC(C)c1cccc(N(C)Cc2noc(CN)n2)c1.Cl. The highest BCUT2D eigenvalue weighted by Gasteiger charge is 2.09. The molecule has 1 aromatic heterocycles. The molecule has 0 bridgehead atoms. The van der Waals surface area contributed by atoms with Crippen LogP contribution in [0.4, 0.5) is 5.69 Å². The van der Waals surface area contributed by atoms with Crippen LogP contribution in [0.15, 0.2) is 28.8 Å². The van der Waals surface area contributed by atoms with Crippen LogP contribution in [0.1, 0.15) is 37.0 Å². The van der Waals surface area contributed by atoms with Crippen molar-refractivity contribution in [3.05, 3.63) is 41.5 Å². The Morgan fingerprint density at radius 2 is 2.10 bits per heavy atom. The van der Waals surface area contributed by atoms with Crippen LogP contribution in [-0.4, -0.2) is 17.2 Å². The average Bonchev–Trinajstić information content (AvgIpc) is 2.86. The molecule has 0 radical (unpaired) electrons. The van der Waals surface area contributed by atoms with Gasteiger partial charge in [-0.15, -0.1) is 12.4 Å². The second-order valence-electron chi connectivity index (χ2n) is 4.91. The maximum Gasteiger partial charge on any atom is 0.240 e. The molecule has 1 heterocycles. The molecule has 0 spiro atoms. The van der Waals surface area contributed by atoms with E-state index in [0.29, 0.717) is 24.2 Å². The molecule has 0 unspecified atom stereocenters. The van der Waals surface area contributed by atoms with Crippen LogP contribution in [0.5, 0.6) is 0 Å². The second kappa shape index (κ2) is 7.26. The van der Waals surface area contributed by atoms with Gasteiger partial charge >= 0.3 is 0 Å². The van der Waals surface area contributed by atoms with E-state index in [4.69, 9.17) is 10.3 Å². The Labute approximate surface area is 125 Å². The molecular weight excluding hydrogens is 276 g/mol. The summed E-state index contributed by atoms with van der Waals surface area (Å²) >= 11 is 0. The number of hydrogen-bond acceptors (Lipinski definition) is 5. The second-order valence-corrected chi connectivity index (χ2v) is 4.91. The lowest BCUT2D eigenvalue weighted by molar-refractivity contribution is 0.374. The van der Waals surface area contributed by atoms with E-state index in [9.17, 15) is 0 Å². The summed E-state index contributed by atoms with van der Waals surface area (Å²) in [5, 5.41) is 3.90. The van der Waals surface area contributed by atoms with Gasteiger partial charge in [-0.05, 0) is 23.6 Å². The number of nitrogens with two attached hydrogens (primary N) is 1. The third-order valence-electron chi connectivity index (χ3n) is 3.04. The van der Waals surface area contributed by atoms with Crippen molar-refractivity contribution in [3.63, 3.8) is 0 Å². The first-order valence-electron chi connectivity index (χ1n) is 6.42. The van der Waals surface area contributed by atoms with E-state index in [1.54, 1.807) is 0 Å². The Morgan fingerprint density at radius 1 is 1.35 bits per heavy atom. The third kappa shape index (κ3) is 3.95. The Bertz CT molecular complexity index is 541. The van der Waals surface area contributed by atoms with Crippen LogP contribution in [0.2, 0.25) is 0 Å². The molecule has 0 amide bonds. The van der Waals surface area contributed by atoms with Crippen molar-refractivity contribution in [2.24, 2.45) is 5.73 Å². The first-order chi connectivity index (χ1) is 9.10. The summed E-state index contributed by atoms with van der Waals surface area (Å²) in [7, 11) is 2.01. The standard InChI is InChI=1S/C14H20N4O.ClH/c1-10(2)11-5-4-6-12(7-11)18(3)9-13-16-14(8-15)19-17-13;/h4-7,10H,8-9,15H2,1-3H3;1H. The molecule has 0 aliphatic heterocycles. The van der Waals surface area contributed by atoms with Crippen molar-refractivity contribution in [1.29, 1.82) is 0 Å². The third-order valence-corrected chi connectivity index (χ3v) is 3.04. The van der Waals surface area contributed by atoms with Crippen molar-refractivity contribution in [2.45, 2.75) is 32.9 Å². The molecule has 0 aliphatic carbocycles. The zero-order valence-corrected chi connectivity index (χ0v) is 12.9. The van der Waals surface area contributed by atoms with Gasteiger partial charge in [0, 0.05) is 12.7 Å². The molecule has 5 nitrogen and oxygen atoms in total. The maximum absolute atomic E-state index is 5.45. The van der Waals surface area contributed by atoms with Crippen LogP contribution < -0.4 is 10.6 Å². The van der Waals surface area contributed by atoms with Crippen LogP contribution >= 0.6 is 12.4 Å². The van der Waals surface area contributed by atoms with Gasteiger partial charge in [0.05, 0.1) is 13.1 Å². The lowest BCUT2D eigenvalue weighted by Crippen LogP contribution is -2.17. The lowest BCUT2D eigenvalue weighted by Gasteiger charge is -2.18. The van der Waals surface area contributed by atoms with Gasteiger partial charge in [0.2, 0.25) is 5.89 Å². The minimum atomic E-state index is 0. The Kier molecular flexibility index (Phi) is 5.98. The fraction of sp³-hybridized carbons (Fsp3) is 0.429. The first-order valence-corrected chi connectivity index (χ1v) is 6.42. The predicted octanol–water partition coefficient (Wildman–Crippen LogP) is 2.71. The van der Waals surface area contributed by atoms with Crippen LogP contribution in [0.3, 0.4) is 0 Å². The molecule has 2 N–H and O–H groups in total. The molecule has 0 atom stereocenters. The topological polar surface area (TPSA) is 68.2 Å². The molecule has 2 rings (SSSR count). The molecular formula is C14H21ClN4O. The van der Waals surface area contributed by atoms with E-state index in [-0.39, 0.29) is 19.0 Å². The van der Waals surface area contributed by atoms with Crippen LogP contribution in [0, 0.1) is 0 Å². The summed E-state index contributed by atoms with van der Waals surface area (Å²) in [6.45, 7) is 5.25. The van der Waals surface area contributed by atoms with Crippen molar-refractivity contribution in [3.8, 4) is 0 Å². The molecule has 20 heavy (non-hydrogen) atoms. The van der Waals surface area contributed by atoms with Gasteiger partial charge in [0.25, 0.3) is 0 Å². The molecule has 110 valence electrons. The van der Waals surface area contributed by atoms with Crippen molar-refractivity contribution < 1.29 is 4.52 Å². The summed E-state index contributed by atoms with van der Waals surface area (Å²) in [6, 6.07) is 8.48.